The van der Waals surface area contributed by atoms with Crippen LogP contribution in [-0.2, 0) is 67.0 Å². The Balaban J connectivity index is -0.000000451. The van der Waals surface area contributed by atoms with Crippen molar-refractivity contribution in [2.75, 3.05) is 26.2 Å². The second-order valence-electron chi connectivity index (χ2n) is 7.51. The molecule has 0 aromatic carbocycles. The van der Waals surface area contributed by atoms with Crippen molar-refractivity contribution in [3.63, 3.8) is 0 Å². The summed E-state index contributed by atoms with van der Waals surface area (Å²) >= 11 is 20.6. The van der Waals surface area contributed by atoms with Crippen LogP contribution in [0.4, 0.5) is 0 Å². The van der Waals surface area contributed by atoms with E-state index >= 15 is 0 Å². The molecular formula is C22H46N2NiS4-4. The fraction of sp³-hybridized carbons (Fsp3) is 1.00. The van der Waals surface area contributed by atoms with Crippen molar-refractivity contribution in [3.8, 4) is 0 Å². The molecule has 0 spiro atoms. The largest absolute Gasteiger partial charge is 0.800 e. The molecule has 0 bridgehead atoms. The molecule has 0 unspecified atom stereocenters. The summed E-state index contributed by atoms with van der Waals surface area (Å²) in [4.78, 5) is 4.52. The van der Waals surface area contributed by atoms with Gasteiger partial charge in [0, 0.05) is 16.5 Å². The van der Waals surface area contributed by atoms with Crippen LogP contribution in [0.5, 0.6) is 0 Å². The maximum absolute atomic E-state index is 5.14. The van der Waals surface area contributed by atoms with E-state index in [1.54, 1.807) is 0 Å². The molecule has 0 rings (SSSR count). The molecule has 0 aliphatic heterocycles. The molecule has 0 saturated carbocycles. The first-order chi connectivity index (χ1) is 13.4. The van der Waals surface area contributed by atoms with Crippen LogP contribution in [-0.4, -0.2) is 45.4 Å². The molecular weight excluding hydrogens is 479 g/mol. The second kappa shape index (κ2) is 27.8. The fourth-order valence-corrected chi connectivity index (χ4v) is 3.75. The number of hydrogen-bond donors (Lipinski definition) is 0. The molecule has 2 nitrogen and oxygen atoms in total. The van der Waals surface area contributed by atoms with E-state index in [-0.39, 0.29) is 25.9 Å². The molecule has 0 aromatic heterocycles. The van der Waals surface area contributed by atoms with Gasteiger partial charge in [-0.15, -0.1) is 0 Å². The molecule has 0 saturated heterocycles. The number of hydrogen-bond acceptors (Lipinski definition) is 6. The molecule has 182 valence electrons. The summed E-state index contributed by atoms with van der Waals surface area (Å²) < 4.78 is -0.215. The van der Waals surface area contributed by atoms with Gasteiger partial charge in [0.25, 0.3) is 0 Å². The fourth-order valence-electron chi connectivity index (χ4n) is 2.90. The minimum absolute atomic E-state index is 0. The van der Waals surface area contributed by atoms with Gasteiger partial charge in [-0.05, 0) is 51.9 Å². The number of rotatable bonds is 18. The van der Waals surface area contributed by atoms with Crippen molar-refractivity contribution in [3.05, 3.63) is 0 Å². The molecule has 0 amide bonds. The maximum atomic E-state index is 5.14. The Hall–Kier alpha value is 1.81. The third-order valence-electron chi connectivity index (χ3n) is 4.79. The first-order valence-corrected chi connectivity index (χ1v) is 13.4. The van der Waals surface area contributed by atoms with E-state index in [0.717, 1.165) is 26.2 Å². The normalized spacial score (nSPS) is 11.2. The Kier molecular flexibility index (Phi) is 34.0. The molecule has 0 radical (unpaired) electrons. The van der Waals surface area contributed by atoms with Crippen LogP contribution in [0.3, 0.4) is 0 Å². The Bertz CT molecular complexity index is 250. The smallest absolute Gasteiger partial charge is 0 e. The standard InChI is InChI=1S/2C11H25NS2.Ni/c2*1-3-5-7-9-12(11(13)14)10-8-6-4-2;/h2*11,13-14H,3-10H2,1-2H3;/p-4. The molecule has 29 heavy (non-hydrogen) atoms. The van der Waals surface area contributed by atoms with E-state index in [1.165, 1.54) is 77.0 Å². The summed E-state index contributed by atoms with van der Waals surface area (Å²) in [6.07, 6.45) is 15.2. The molecule has 0 heterocycles. The quantitative estimate of drug-likeness (QED) is 0.121. The summed E-state index contributed by atoms with van der Waals surface area (Å²) in [7, 11) is 0. The van der Waals surface area contributed by atoms with Crippen molar-refractivity contribution in [2.45, 2.75) is 114 Å². The van der Waals surface area contributed by atoms with E-state index < -0.39 is 0 Å². The summed E-state index contributed by atoms with van der Waals surface area (Å²) in [5, 5.41) is 0. The predicted molar refractivity (Wildman–Crippen MR) is 138 cm³/mol. The average Bonchev–Trinajstić information content (AvgIpc) is 2.66. The van der Waals surface area contributed by atoms with Crippen LogP contribution in [0.1, 0.15) is 105 Å². The monoisotopic (exact) mass is 524 g/mol. The SMILES string of the molecule is CCCCCN(CCCCC)C([S-])[S-].CCCCCN(CCCCC)C([S-])[S-].[Ni]. The van der Waals surface area contributed by atoms with E-state index in [1.807, 2.05) is 0 Å². The van der Waals surface area contributed by atoms with Gasteiger partial charge >= 0.3 is 0 Å². The van der Waals surface area contributed by atoms with E-state index in [2.05, 4.69) is 37.5 Å². The number of unbranched alkanes of at least 4 members (excludes halogenated alkanes) is 8. The van der Waals surface area contributed by atoms with E-state index in [0.29, 0.717) is 0 Å². The van der Waals surface area contributed by atoms with Crippen molar-refractivity contribution in [1.29, 1.82) is 0 Å². The van der Waals surface area contributed by atoms with Crippen LogP contribution < -0.4 is 0 Å². The van der Waals surface area contributed by atoms with E-state index in [4.69, 9.17) is 50.5 Å². The summed E-state index contributed by atoms with van der Waals surface area (Å²) in [5.41, 5.74) is 0. The van der Waals surface area contributed by atoms with Crippen molar-refractivity contribution in [1.82, 2.24) is 9.80 Å². The van der Waals surface area contributed by atoms with Crippen molar-refractivity contribution in [2.24, 2.45) is 0 Å². The minimum Gasteiger partial charge on any atom is -0.800 e. The summed E-state index contributed by atoms with van der Waals surface area (Å²) in [6.45, 7) is 13.3. The molecule has 0 atom stereocenters. The molecule has 0 N–H and O–H groups in total. The van der Waals surface area contributed by atoms with Crippen LogP contribution in [0.2, 0.25) is 0 Å². The zero-order valence-electron chi connectivity index (χ0n) is 19.3. The van der Waals surface area contributed by atoms with Gasteiger partial charge in [0.15, 0.2) is 0 Å². The second-order valence-corrected chi connectivity index (χ2v) is 9.90. The molecule has 0 aromatic rings. The van der Waals surface area contributed by atoms with Gasteiger partial charge in [-0.25, -0.2) is 9.41 Å². The maximum Gasteiger partial charge on any atom is 0 e. The average molecular weight is 526 g/mol. The van der Waals surface area contributed by atoms with Gasteiger partial charge < -0.3 is 60.3 Å². The predicted octanol–water partition coefficient (Wildman–Crippen LogP) is 6.09. The van der Waals surface area contributed by atoms with E-state index in [9.17, 15) is 0 Å². The third-order valence-corrected chi connectivity index (χ3v) is 5.98. The minimum atomic E-state index is -0.108. The number of nitrogens with zero attached hydrogens (tertiary/aromatic N) is 2. The van der Waals surface area contributed by atoms with Gasteiger partial charge in [-0.2, -0.15) is 0 Å². The molecule has 0 aliphatic carbocycles. The topological polar surface area (TPSA) is 6.48 Å². The van der Waals surface area contributed by atoms with Crippen molar-refractivity contribution < 1.29 is 16.5 Å². The first-order valence-electron chi connectivity index (χ1n) is 11.6. The van der Waals surface area contributed by atoms with Gasteiger partial charge in [0.2, 0.25) is 0 Å². The molecule has 0 fully saturated rings. The Morgan fingerprint density at radius 2 is 0.655 bits per heavy atom. The summed E-state index contributed by atoms with van der Waals surface area (Å²) in [6, 6.07) is 0. The Morgan fingerprint density at radius 3 is 0.793 bits per heavy atom. The van der Waals surface area contributed by atoms with Crippen LogP contribution in [0.15, 0.2) is 0 Å². The Labute approximate surface area is 216 Å². The van der Waals surface area contributed by atoms with Crippen LogP contribution in [0.25, 0.3) is 0 Å². The zero-order valence-corrected chi connectivity index (χ0v) is 23.6. The molecule has 0 aliphatic rings. The van der Waals surface area contributed by atoms with Gasteiger partial charge in [0.05, 0.1) is 0 Å². The first kappa shape index (κ1) is 35.4. The molecule has 7 heteroatoms. The van der Waals surface area contributed by atoms with Crippen LogP contribution >= 0.6 is 0 Å². The third kappa shape index (κ3) is 25.9. The van der Waals surface area contributed by atoms with Gasteiger partial charge in [0.1, 0.15) is 0 Å². The zero-order chi connectivity index (χ0) is 21.6. The Morgan fingerprint density at radius 1 is 0.448 bits per heavy atom. The van der Waals surface area contributed by atoms with Gasteiger partial charge in [-0.3, -0.25) is 0 Å². The van der Waals surface area contributed by atoms with Gasteiger partial charge in [-0.1, -0.05) is 79.1 Å². The van der Waals surface area contributed by atoms with Crippen LogP contribution in [0, 0.1) is 0 Å². The van der Waals surface area contributed by atoms with Crippen molar-refractivity contribution >= 4 is 50.5 Å². The summed E-state index contributed by atoms with van der Waals surface area (Å²) in [5.74, 6) is 0.